The molecule has 0 unspecified atom stereocenters. The average molecular weight is 249 g/mol. The highest BCUT2D eigenvalue weighted by atomic mass is 16.2. The van der Waals surface area contributed by atoms with Gasteiger partial charge < -0.3 is 9.88 Å². The third-order valence-electron chi connectivity index (χ3n) is 2.52. The molecule has 0 atom stereocenters. The monoisotopic (exact) mass is 249 g/mol. The zero-order valence-electron chi connectivity index (χ0n) is 9.65. The minimum atomic E-state index is -0.626. The topological polar surface area (TPSA) is 99.3 Å². The smallest absolute Gasteiger partial charge is 0.260 e. The molecular formula is C11H11N3O4. The van der Waals surface area contributed by atoms with Crippen molar-refractivity contribution in [3.8, 4) is 0 Å². The van der Waals surface area contributed by atoms with Crippen LogP contribution in [0.25, 0.3) is 0 Å². The van der Waals surface area contributed by atoms with Gasteiger partial charge in [0.05, 0.1) is 0 Å². The van der Waals surface area contributed by atoms with Gasteiger partial charge in [0.2, 0.25) is 11.8 Å². The van der Waals surface area contributed by atoms with Crippen LogP contribution in [0.2, 0.25) is 0 Å². The second-order valence-corrected chi connectivity index (χ2v) is 4.02. The fourth-order valence-corrected chi connectivity index (χ4v) is 1.69. The molecule has 2 N–H and O–H groups in total. The number of rotatable bonds is 1. The molecule has 0 spiro atoms. The van der Waals surface area contributed by atoms with Crippen LogP contribution in [0.3, 0.4) is 0 Å². The molecule has 0 aliphatic carbocycles. The summed E-state index contributed by atoms with van der Waals surface area (Å²) in [5.41, 5.74) is 0.0190. The molecule has 2 rings (SSSR count). The first-order valence-corrected chi connectivity index (χ1v) is 5.29. The molecule has 94 valence electrons. The van der Waals surface area contributed by atoms with Crippen molar-refractivity contribution in [3.63, 3.8) is 0 Å². The highest BCUT2D eigenvalue weighted by Gasteiger charge is 2.28. The van der Waals surface area contributed by atoms with Gasteiger partial charge in [-0.3, -0.25) is 24.5 Å². The van der Waals surface area contributed by atoms with E-state index >= 15 is 0 Å². The third-order valence-corrected chi connectivity index (χ3v) is 2.52. The highest BCUT2D eigenvalue weighted by molar-refractivity contribution is 6.05. The van der Waals surface area contributed by atoms with E-state index in [1.165, 1.54) is 6.07 Å². The van der Waals surface area contributed by atoms with Crippen LogP contribution in [0, 0.1) is 6.92 Å². The number of piperazine rings is 1. The first-order valence-electron chi connectivity index (χ1n) is 5.29. The predicted molar refractivity (Wildman–Crippen MR) is 60.9 cm³/mol. The van der Waals surface area contributed by atoms with Gasteiger partial charge in [-0.25, -0.2) is 0 Å². The largest absolute Gasteiger partial charge is 0.326 e. The van der Waals surface area contributed by atoms with Gasteiger partial charge in [-0.1, -0.05) is 0 Å². The molecular weight excluding hydrogens is 238 g/mol. The summed E-state index contributed by atoms with van der Waals surface area (Å²) in [6, 6.07) is 2.97. The number of hydrogen-bond donors (Lipinski definition) is 2. The van der Waals surface area contributed by atoms with Crippen molar-refractivity contribution in [3.05, 3.63) is 33.7 Å². The van der Waals surface area contributed by atoms with Gasteiger partial charge in [-0.2, -0.15) is 0 Å². The lowest BCUT2D eigenvalue weighted by molar-refractivity contribution is -0.135. The molecule has 1 aliphatic rings. The fourth-order valence-electron chi connectivity index (χ4n) is 1.69. The normalized spacial score (nSPS) is 15.5. The van der Waals surface area contributed by atoms with E-state index in [-0.39, 0.29) is 18.7 Å². The molecule has 7 nitrogen and oxygen atoms in total. The predicted octanol–water partition coefficient (Wildman–Crippen LogP) is -1.22. The number of carbonyl (C=O) groups is 3. The zero-order valence-corrected chi connectivity index (χ0v) is 9.65. The summed E-state index contributed by atoms with van der Waals surface area (Å²) in [4.78, 5) is 49.4. The van der Waals surface area contributed by atoms with Crippen LogP contribution in [0.5, 0.6) is 0 Å². The number of nitrogens with zero attached hydrogens (tertiary/aromatic N) is 1. The summed E-state index contributed by atoms with van der Waals surface area (Å²) < 4.78 is 0. The number of carbonyl (C=O) groups excluding carboxylic acids is 3. The lowest BCUT2D eigenvalue weighted by atomic mass is 10.2. The number of pyridine rings is 1. The minimum Gasteiger partial charge on any atom is -0.326 e. The SMILES string of the molecule is Cc1ccc(C(=O)N2CC(=O)NC(=O)C2)c(=O)[nH]1. The molecule has 7 heteroatoms. The Morgan fingerprint density at radius 1 is 1.17 bits per heavy atom. The Kier molecular flexibility index (Phi) is 2.97. The van der Waals surface area contributed by atoms with Crippen LogP contribution in [0.4, 0.5) is 0 Å². The molecule has 1 aromatic heterocycles. The van der Waals surface area contributed by atoms with E-state index in [1.54, 1.807) is 13.0 Å². The molecule has 1 saturated heterocycles. The van der Waals surface area contributed by atoms with Crippen LogP contribution < -0.4 is 10.9 Å². The fraction of sp³-hybridized carbons (Fsp3) is 0.273. The molecule has 1 aromatic rings. The molecule has 1 fully saturated rings. The Morgan fingerprint density at radius 3 is 2.33 bits per heavy atom. The van der Waals surface area contributed by atoms with Crippen LogP contribution in [0.1, 0.15) is 16.1 Å². The number of aromatic nitrogens is 1. The summed E-state index contributed by atoms with van der Waals surface area (Å²) >= 11 is 0. The van der Waals surface area contributed by atoms with Gasteiger partial charge in [0.25, 0.3) is 11.5 Å². The van der Waals surface area contributed by atoms with E-state index in [4.69, 9.17) is 0 Å². The van der Waals surface area contributed by atoms with Crippen LogP contribution in [0.15, 0.2) is 16.9 Å². The first-order chi connectivity index (χ1) is 8.47. The molecule has 0 aromatic carbocycles. The van der Waals surface area contributed by atoms with Gasteiger partial charge in [-0.05, 0) is 19.1 Å². The first kappa shape index (κ1) is 12.0. The molecule has 0 bridgehead atoms. The highest BCUT2D eigenvalue weighted by Crippen LogP contribution is 2.03. The standard InChI is InChI=1S/C11H11N3O4/c1-6-2-3-7(10(17)12-6)11(18)14-4-8(15)13-9(16)5-14/h2-3H,4-5H2,1H3,(H,12,17)(H,13,15,16). The Morgan fingerprint density at radius 2 is 1.78 bits per heavy atom. The molecule has 18 heavy (non-hydrogen) atoms. The average Bonchev–Trinajstić information content (AvgIpc) is 2.26. The van der Waals surface area contributed by atoms with Crippen molar-refractivity contribution >= 4 is 17.7 Å². The molecule has 0 saturated carbocycles. The number of hydrogen-bond acceptors (Lipinski definition) is 4. The van der Waals surface area contributed by atoms with E-state index in [2.05, 4.69) is 10.3 Å². The van der Waals surface area contributed by atoms with Crippen molar-refractivity contribution in [2.24, 2.45) is 0 Å². The van der Waals surface area contributed by atoms with Crippen molar-refractivity contribution < 1.29 is 14.4 Å². The second-order valence-electron chi connectivity index (χ2n) is 4.02. The van der Waals surface area contributed by atoms with Crippen LogP contribution in [-0.2, 0) is 9.59 Å². The lowest BCUT2D eigenvalue weighted by Gasteiger charge is -2.25. The van der Waals surface area contributed by atoms with E-state index in [9.17, 15) is 19.2 Å². The Balaban J connectivity index is 2.28. The maximum atomic E-state index is 12.0. The van der Waals surface area contributed by atoms with Crippen LogP contribution >= 0.6 is 0 Å². The van der Waals surface area contributed by atoms with Gasteiger partial charge in [0.1, 0.15) is 18.7 Å². The number of amides is 3. The Hall–Kier alpha value is -2.44. The number of imide groups is 1. The van der Waals surface area contributed by atoms with Crippen LogP contribution in [-0.4, -0.2) is 40.7 Å². The Labute approximate surface area is 102 Å². The maximum absolute atomic E-state index is 12.0. The molecule has 3 amide bonds. The van der Waals surface area contributed by atoms with Crippen molar-refractivity contribution in [2.45, 2.75) is 6.92 Å². The van der Waals surface area contributed by atoms with Gasteiger partial charge in [0.15, 0.2) is 0 Å². The number of aryl methyl sites for hydroxylation is 1. The third kappa shape index (κ3) is 2.29. The summed E-state index contributed by atoms with van der Waals surface area (Å²) in [7, 11) is 0. The van der Waals surface area contributed by atoms with E-state index in [0.29, 0.717) is 5.69 Å². The number of H-pyrrole nitrogens is 1. The molecule has 2 heterocycles. The van der Waals surface area contributed by atoms with Crippen molar-refractivity contribution in [2.75, 3.05) is 13.1 Å². The van der Waals surface area contributed by atoms with E-state index < -0.39 is 23.3 Å². The molecule has 1 aliphatic heterocycles. The van der Waals surface area contributed by atoms with E-state index in [1.807, 2.05) is 0 Å². The number of aromatic amines is 1. The number of nitrogens with one attached hydrogen (secondary N) is 2. The van der Waals surface area contributed by atoms with Crippen molar-refractivity contribution in [1.29, 1.82) is 0 Å². The minimum absolute atomic E-state index is 0.0805. The quantitative estimate of drug-likeness (QED) is 0.609. The Bertz CT molecular complexity index is 574. The maximum Gasteiger partial charge on any atom is 0.260 e. The van der Waals surface area contributed by atoms with Gasteiger partial charge >= 0.3 is 0 Å². The summed E-state index contributed by atoms with van der Waals surface area (Å²) in [5.74, 6) is -1.73. The zero-order chi connectivity index (χ0) is 13.3. The molecule has 0 radical (unpaired) electrons. The van der Waals surface area contributed by atoms with Gasteiger partial charge in [-0.15, -0.1) is 0 Å². The van der Waals surface area contributed by atoms with Gasteiger partial charge in [0, 0.05) is 5.69 Å². The summed E-state index contributed by atoms with van der Waals surface area (Å²) in [6.45, 7) is 1.24. The lowest BCUT2D eigenvalue weighted by Crippen LogP contribution is -2.53. The van der Waals surface area contributed by atoms with Crippen molar-refractivity contribution in [1.82, 2.24) is 15.2 Å². The second kappa shape index (κ2) is 4.44. The summed E-state index contributed by atoms with van der Waals surface area (Å²) in [5, 5.41) is 2.08. The van der Waals surface area contributed by atoms with E-state index in [0.717, 1.165) is 4.90 Å². The summed E-state index contributed by atoms with van der Waals surface area (Å²) in [6.07, 6.45) is 0.